The zero-order chi connectivity index (χ0) is 11.7. The molecule has 7 heteroatoms. The van der Waals surface area contributed by atoms with Crippen LogP contribution >= 0.6 is 39.9 Å². The standard InChI is InChI=1S/C9H8BrN3OS2/c1-2-13-6(5(10)4-11-13)3-7-8(14)12-9(15)16-7/h3-4H,2H2,1H3,(H,12,14,15). The summed E-state index contributed by atoms with van der Waals surface area (Å²) in [6.45, 7) is 2.75. The average molecular weight is 318 g/mol. The SMILES string of the molecule is CCn1ncc(Br)c1C=C1SC(=S)NC1=O. The molecule has 0 bridgehead atoms. The molecule has 1 aromatic heterocycles. The van der Waals surface area contributed by atoms with Crippen LogP contribution in [0.5, 0.6) is 0 Å². The first-order valence-corrected chi connectivity index (χ1v) is 6.59. The maximum Gasteiger partial charge on any atom is 0.263 e. The summed E-state index contributed by atoms with van der Waals surface area (Å²) in [5.74, 6) is -0.147. The van der Waals surface area contributed by atoms with Crippen LogP contribution in [0.1, 0.15) is 12.6 Å². The van der Waals surface area contributed by atoms with E-state index in [-0.39, 0.29) is 5.91 Å². The van der Waals surface area contributed by atoms with Crippen molar-refractivity contribution in [2.24, 2.45) is 0 Å². The second-order valence-electron chi connectivity index (χ2n) is 3.05. The normalized spacial score (nSPS) is 18.2. The molecule has 1 saturated heterocycles. The van der Waals surface area contributed by atoms with Gasteiger partial charge in [-0.05, 0) is 28.9 Å². The largest absolute Gasteiger partial charge is 0.307 e. The van der Waals surface area contributed by atoms with Crippen LogP contribution in [0.4, 0.5) is 0 Å². The summed E-state index contributed by atoms with van der Waals surface area (Å²) < 4.78 is 3.18. The molecular weight excluding hydrogens is 310 g/mol. The Morgan fingerprint density at radius 3 is 3.06 bits per heavy atom. The highest BCUT2D eigenvalue weighted by atomic mass is 79.9. The van der Waals surface area contributed by atoms with Crippen molar-refractivity contribution in [3.63, 3.8) is 0 Å². The van der Waals surface area contributed by atoms with Gasteiger partial charge in [-0.1, -0.05) is 24.0 Å². The van der Waals surface area contributed by atoms with Crippen LogP contribution in [0.15, 0.2) is 15.6 Å². The van der Waals surface area contributed by atoms with E-state index >= 15 is 0 Å². The van der Waals surface area contributed by atoms with Crippen LogP contribution in [0.3, 0.4) is 0 Å². The van der Waals surface area contributed by atoms with Gasteiger partial charge in [0.2, 0.25) is 0 Å². The summed E-state index contributed by atoms with van der Waals surface area (Å²) in [5.41, 5.74) is 0.879. The van der Waals surface area contributed by atoms with Gasteiger partial charge in [0.05, 0.1) is 21.3 Å². The number of hydrogen-bond donors (Lipinski definition) is 1. The van der Waals surface area contributed by atoms with Crippen molar-refractivity contribution in [1.29, 1.82) is 0 Å². The molecule has 2 heterocycles. The van der Waals surface area contributed by atoms with Gasteiger partial charge in [0, 0.05) is 6.54 Å². The van der Waals surface area contributed by atoms with E-state index in [2.05, 4.69) is 26.3 Å². The van der Waals surface area contributed by atoms with Crippen LogP contribution in [-0.4, -0.2) is 20.0 Å². The van der Waals surface area contributed by atoms with Gasteiger partial charge in [-0.3, -0.25) is 9.48 Å². The number of nitrogens with one attached hydrogen (secondary N) is 1. The maximum absolute atomic E-state index is 11.5. The highest BCUT2D eigenvalue weighted by molar-refractivity contribution is 9.10. The van der Waals surface area contributed by atoms with E-state index in [0.29, 0.717) is 9.23 Å². The van der Waals surface area contributed by atoms with Crippen LogP contribution in [-0.2, 0) is 11.3 Å². The molecule has 1 fully saturated rings. The molecule has 0 aliphatic carbocycles. The Morgan fingerprint density at radius 2 is 2.50 bits per heavy atom. The second kappa shape index (κ2) is 4.68. The summed E-state index contributed by atoms with van der Waals surface area (Å²) in [7, 11) is 0. The molecule has 4 nitrogen and oxygen atoms in total. The summed E-state index contributed by atoms with van der Waals surface area (Å²) in [4.78, 5) is 12.1. The number of rotatable bonds is 2. The lowest BCUT2D eigenvalue weighted by Gasteiger charge is -2.00. The Kier molecular flexibility index (Phi) is 3.46. The van der Waals surface area contributed by atoms with E-state index in [1.807, 2.05) is 11.6 Å². The van der Waals surface area contributed by atoms with Gasteiger partial charge >= 0.3 is 0 Å². The van der Waals surface area contributed by atoms with E-state index in [4.69, 9.17) is 12.2 Å². The molecule has 1 aliphatic heterocycles. The fraction of sp³-hybridized carbons (Fsp3) is 0.222. The minimum Gasteiger partial charge on any atom is -0.307 e. The van der Waals surface area contributed by atoms with Crippen LogP contribution in [0.25, 0.3) is 6.08 Å². The van der Waals surface area contributed by atoms with E-state index in [1.54, 1.807) is 12.3 Å². The molecule has 0 radical (unpaired) electrons. The van der Waals surface area contributed by atoms with Crippen molar-refractivity contribution < 1.29 is 4.79 Å². The number of aryl methyl sites for hydroxylation is 1. The lowest BCUT2D eigenvalue weighted by atomic mass is 10.3. The van der Waals surface area contributed by atoms with Gasteiger partial charge < -0.3 is 5.32 Å². The smallest absolute Gasteiger partial charge is 0.263 e. The molecule has 1 aliphatic rings. The van der Waals surface area contributed by atoms with E-state index in [0.717, 1.165) is 16.7 Å². The van der Waals surface area contributed by atoms with Crippen LogP contribution < -0.4 is 5.32 Å². The first-order chi connectivity index (χ1) is 7.61. The number of hydrogen-bond acceptors (Lipinski definition) is 4. The Balaban J connectivity index is 2.39. The van der Waals surface area contributed by atoms with Crippen LogP contribution in [0, 0.1) is 0 Å². The number of thiocarbonyl (C=S) groups is 1. The number of aromatic nitrogens is 2. The predicted octanol–water partition coefficient (Wildman–Crippen LogP) is 2.15. The molecule has 16 heavy (non-hydrogen) atoms. The Hall–Kier alpha value is -0.660. The minimum absolute atomic E-state index is 0.147. The third-order valence-electron chi connectivity index (χ3n) is 2.04. The van der Waals surface area contributed by atoms with E-state index in [9.17, 15) is 4.79 Å². The first kappa shape index (κ1) is 11.8. The number of thioether (sulfide) groups is 1. The summed E-state index contributed by atoms with van der Waals surface area (Å²) in [6.07, 6.45) is 3.51. The zero-order valence-electron chi connectivity index (χ0n) is 8.36. The van der Waals surface area contributed by atoms with Crippen LogP contribution in [0.2, 0.25) is 0 Å². The molecule has 0 atom stereocenters. The Labute approximate surface area is 111 Å². The van der Waals surface area contributed by atoms with Gasteiger partial charge in [-0.15, -0.1) is 0 Å². The lowest BCUT2D eigenvalue weighted by molar-refractivity contribution is -0.115. The zero-order valence-corrected chi connectivity index (χ0v) is 11.6. The number of carbonyl (C=O) groups is 1. The van der Waals surface area contributed by atoms with Crippen molar-refractivity contribution in [3.05, 3.63) is 21.3 Å². The van der Waals surface area contributed by atoms with Crippen molar-refractivity contribution in [1.82, 2.24) is 15.1 Å². The number of amides is 1. The van der Waals surface area contributed by atoms with Gasteiger partial charge in [-0.2, -0.15) is 5.10 Å². The Morgan fingerprint density at radius 1 is 1.75 bits per heavy atom. The molecule has 1 amide bonds. The first-order valence-electron chi connectivity index (χ1n) is 4.58. The van der Waals surface area contributed by atoms with Gasteiger partial charge in [-0.25, -0.2) is 0 Å². The van der Waals surface area contributed by atoms with Crippen molar-refractivity contribution in [2.45, 2.75) is 13.5 Å². The predicted molar refractivity (Wildman–Crippen MR) is 71.9 cm³/mol. The second-order valence-corrected chi connectivity index (χ2v) is 5.62. The molecular formula is C9H8BrN3OS2. The summed E-state index contributed by atoms with van der Waals surface area (Å²) in [5, 5.41) is 6.75. The molecule has 0 unspecified atom stereocenters. The number of halogens is 1. The number of nitrogens with zero attached hydrogens (tertiary/aromatic N) is 2. The van der Waals surface area contributed by atoms with Crippen molar-refractivity contribution in [3.8, 4) is 0 Å². The highest BCUT2D eigenvalue weighted by Gasteiger charge is 2.23. The van der Waals surface area contributed by atoms with Gasteiger partial charge in [0.1, 0.15) is 4.32 Å². The summed E-state index contributed by atoms with van der Waals surface area (Å²) >= 11 is 9.59. The maximum atomic E-state index is 11.5. The topological polar surface area (TPSA) is 46.9 Å². The third kappa shape index (κ3) is 2.21. The third-order valence-corrected chi connectivity index (χ3v) is 3.82. The average Bonchev–Trinajstić information content (AvgIpc) is 2.73. The van der Waals surface area contributed by atoms with E-state index in [1.165, 1.54) is 11.8 Å². The fourth-order valence-corrected chi connectivity index (χ4v) is 2.74. The molecule has 0 spiro atoms. The number of carbonyl (C=O) groups excluding carboxylic acids is 1. The fourth-order valence-electron chi connectivity index (χ4n) is 1.31. The highest BCUT2D eigenvalue weighted by Crippen LogP contribution is 2.28. The van der Waals surface area contributed by atoms with Crippen molar-refractivity contribution >= 4 is 56.2 Å². The molecule has 1 N–H and O–H groups in total. The molecule has 2 rings (SSSR count). The molecule has 1 aromatic rings. The van der Waals surface area contributed by atoms with Gasteiger partial charge in [0.15, 0.2) is 0 Å². The molecule has 84 valence electrons. The van der Waals surface area contributed by atoms with E-state index < -0.39 is 0 Å². The molecule has 0 saturated carbocycles. The van der Waals surface area contributed by atoms with Gasteiger partial charge in [0.25, 0.3) is 5.91 Å². The monoisotopic (exact) mass is 317 g/mol. The quantitative estimate of drug-likeness (QED) is 0.670. The lowest BCUT2D eigenvalue weighted by Crippen LogP contribution is -2.17. The molecule has 0 aromatic carbocycles. The van der Waals surface area contributed by atoms with Crippen molar-refractivity contribution in [2.75, 3.05) is 0 Å². The minimum atomic E-state index is -0.147. The Bertz CT molecular complexity index is 495. The summed E-state index contributed by atoms with van der Waals surface area (Å²) in [6, 6.07) is 0.